The minimum atomic E-state index is -0.690. The van der Waals surface area contributed by atoms with Gasteiger partial charge in [0, 0.05) is 20.8 Å². The predicted octanol–water partition coefficient (Wildman–Crippen LogP) is 4.95. The second-order valence-corrected chi connectivity index (χ2v) is 8.66. The van der Waals surface area contributed by atoms with Crippen LogP contribution in [-0.4, -0.2) is 34.9 Å². The third kappa shape index (κ3) is 5.06. The Balaban J connectivity index is 1.71. The molecule has 4 aromatic rings. The summed E-state index contributed by atoms with van der Waals surface area (Å²) in [5.41, 5.74) is -0.217. The second kappa shape index (κ2) is 10.3. The van der Waals surface area contributed by atoms with Crippen LogP contribution in [0.4, 0.5) is 5.00 Å². The molecule has 0 fully saturated rings. The summed E-state index contributed by atoms with van der Waals surface area (Å²) < 4.78 is 11.6. The van der Waals surface area contributed by atoms with E-state index in [4.69, 9.17) is 32.7 Å². The first-order valence-electron chi connectivity index (χ1n) is 10.0. The van der Waals surface area contributed by atoms with Crippen molar-refractivity contribution in [3.63, 3.8) is 0 Å². The molecule has 1 amide bonds. The lowest BCUT2D eigenvalue weighted by Gasteiger charge is -2.10. The van der Waals surface area contributed by atoms with Crippen LogP contribution in [0.3, 0.4) is 0 Å². The Morgan fingerprint density at radius 2 is 1.88 bits per heavy atom. The third-order valence-electron chi connectivity index (χ3n) is 4.61. The first kappa shape index (κ1) is 23.7. The highest BCUT2D eigenvalue weighted by Crippen LogP contribution is 2.31. The van der Waals surface area contributed by atoms with Gasteiger partial charge in [-0.3, -0.25) is 9.59 Å². The molecule has 0 saturated heterocycles. The van der Waals surface area contributed by atoms with Crippen LogP contribution in [0.2, 0.25) is 10.0 Å². The first-order valence-corrected chi connectivity index (χ1v) is 11.7. The summed E-state index contributed by atoms with van der Waals surface area (Å²) in [5.74, 6) is -0.709. The zero-order chi connectivity index (χ0) is 24.2. The molecule has 8 nitrogen and oxygen atoms in total. The molecule has 0 spiro atoms. The van der Waals surface area contributed by atoms with Crippen molar-refractivity contribution in [3.8, 4) is 11.4 Å². The van der Waals surface area contributed by atoms with E-state index in [1.807, 2.05) is 0 Å². The van der Waals surface area contributed by atoms with Crippen molar-refractivity contribution in [2.24, 2.45) is 0 Å². The number of esters is 1. The van der Waals surface area contributed by atoms with Crippen molar-refractivity contribution >= 4 is 62.2 Å². The number of anilines is 1. The van der Waals surface area contributed by atoms with Crippen LogP contribution < -0.4 is 15.6 Å². The molecule has 0 aliphatic carbocycles. The number of carbonyl (C=O) groups excluding carboxylic acids is 2. The van der Waals surface area contributed by atoms with Crippen molar-refractivity contribution in [2.75, 3.05) is 18.5 Å². The zero-order valence-electron chi connectivity index (χ0n) is 17.7. The molecule has 0 aliphatic rings. The SMILES string of the molecule is CCOC(=O)c1nn(-c2cccc(Cl)c2)c(=O)c2c(NC(=O)COc3ccc(Cl)cc3)scc12. The number of fused-ring (bicyclic) bond motifs is 1. The molecule has 0 saturated carbocycles. The monoisotopic (exact) mass is 517 g/mol. The van der Waals surface area contributed by atoms with Crippen molar-refractivity contribution in [2.45, 2.75) is 6.92 Å². The molecule has 4 rings (SSSR count). The van der Waals surface area contributed by atoms with Gasteiger partial charge < -0.3 is 14.8 Å². The number of benzene rings is 2. The Morgan fingerprint density at radius 1 is 1.12 bits per heavy atom. The fourth-order valence-corrected chi connectivity index (χ4v) is 4.38. The van der Waals surface area contributed by atoms with E-state index in [0.29, 0.717) is 21.5 Å². The Hall–Kier alpha value is -3.40. The number of amides is 1. The van der Waals surface area contributed by atoms with E-state index in [0.717, 1.165) is 16.0 Å². The van der Waals surface area contributed by atoms with Crippen LogP contribution in [0.25, 0.3) is 16.5 Å². The van der Waals surface area contributed by atoms with Crippen molar-refractivity contribution < 1.29 is 19.1 Å². The van der Waals surface area contributed by atoms with Gasteiger partial charge in [-0.15, -0.1) is 11.3 Å². The molecule has 174 valence electrons. The maximum atomic E-state index is 13.4. The molecule has 34 heavy (non-hydrogen) atoms. The standard InChI is InChI=1S/C23H17Cl2N3O5S/c1-2-32-23(31)20-17-12-34-21(26-18(29)11-33-16-8-6-13(24)7-9-16)19(17)22(30)28(27-20)15-5-3-4-14(25)10-15/h3-10,12H,2,11H2,1H3,(H,26,29). The summed E-state index contributed by atoms with van der Waals surface area (Å²) in [7, 11) is 0. The van der Waals surface area contributed by atoms with Gasteiger partial charge in [0.15, 0.2) is 12.3 Å². The molecular formula is C23H17Cl2N3O5S. The van der Waals surface area contributed by atoms with E-state index >= 15 is 0 Å². The molecule has 11 heteroatoms. The number of halogens is 2. The van der Waals surface area contributed by atoms with Gasteiger partial charge >= 0.3 is 5.97 Å². The number of rotatable bonds is 7. The summed E-state index contributed by atoms with van der Waals surface area (Å²) in [6.45, 7) is 1.51. The lowest BCUT2D eigenvalue weighted by molar-refractivity contribution is -0.118. The largest absolute Gasteiger partial charge is 0.484 e. The zero-order valence-corrected chi connectivity index (χ0v) is 20.0. The normalized spacial score (nSPS) is 10.8. The minimum absolute atomic E-state index is 0.0504. The molecular weight excluding hydrogens is 501 g/mol. The molecule has 0 atom stereocenters. The quantitative estimate of drug-likeness (QED) is 0.348. The average Bonchev–Trinajstić information content (AvgIpc) is 3.23. The Bertz CT molecular complexity index is 1430. The number of thiophene rings is 1. The lowest BCUT2D eigenvalue weighted by atomic mass is 10.2. The molecule has 2 heterocycles. The number of nitrogens with zero attached hydrogens (tertiary/aromatic N) is 2. The van der Waals surface area contributed by atoms with Crippen LogP contribution in [0.1, 0.15) is 17.4 Å². The highest BCUT2D eigenvalue weighted by molar-refractivity contribution is 7.16. The average molecular weight is 518 g/mol. The van der Waals surface area contributed by atoms with E-state index < -0.39 is 17.4 Å². The van der Waals surface area contributed by atoms with Gasteiger partial charge in [-0.1, -0.05) is 29.3 Å². The summed E-state index contributed by atoms with van der Waals surface area (Å²) in [4.78, 5) is 38.5. The first-order chi connectivity index (χ1) is 16.4. The maximum absolute atomic E-state index is 13.4. The molecule has 0 radical (unpaired) electrons. The number of ether oxygens (including phenoxy) is 2. The van der Waals surface area contributed by atoms with Gasteiger partial charge in [-0.05, 0) is 49.4 Å². The second-order valence-electron chi connectivity index (χ2n) is 6.91. The van der Waals surface area contributed by atoms with E-state index in [9.17, 15) is 14.4 Å². The molecule has 2 aromatic carbocycles. The van der Waals surface area contributed by atoms with Gasteiger partial charge in [-0.25, -0.2) is 4.79 Å². The van der Waals surface area contributed by atoms with E-state index in [-0.39, 0.29) is 34.7 Å². The van der Waals surface area contributed by atoms with Crippen LogP contribution in [-0.2, 0) is 9.53 Å². The Labute approximate surface area is 207 Å². The number of carbonyl (C=O) groups is 2. The summed E-state index contributed by atoms with van der Waals surface area (Å²) in [5, 5.41) is 10.1. The number of aromatic nitrogens is 2. The third-order valence-corrected chi connectivity index (χ3v) is 5.99. The van der Waals surface area contributed by atoms with Crippen LogP contribution in [0, 0.1) is 0 Å². The van der Waals surface area contributed by atoms with Gasteiger partial charge in [0.1, 0.15) is 10.8 Å². The van der Waals surface area contributed by atoms with Gasteiger partial charge in [0.05, 0.1) is 17.7 Å². The maximum Gasteiger partial charge on any atom is 0.359 e. The fourth-order valence-electron chi connectivity index (χ4n) is 3.12. The van der Waals surface area contributed by atoms with Gasteiger partial charge in [0.25, 0.3) is 11.5 Å². The van der Waals surface area contributed by atoms with Crippen LogP contribution in [0.15, 0.2) is 58.7 Å². The van der Waals surface area contributed by atoms with E-state index in [1.165, 1.54) is 0 Å². The number of hydrogen-bond donors (Lipinski definition) is 1. The van der Waals surface area contributed by atoms with Crippen molar-refractivity contribution in [1.29, 1.82) is 0 Å². The highest BCUT2D eigenvalue weighted by Gasteiger charge is 2.23. The Morgan fingerprint density at radius 3 is 2.59 bits per heavy atom. The summed E-state index contributed by atoms with van der Waals surface area (Å²) in [6, 6.07) is 13.0. The van der Waals surface area contributed by atoms with Gasteiger partial charge in [0.2, 0.25) is 0 Å². The summed E-state index contributed by atoms with van der Waals surface area (Å²) in [6.07, 6.45) is 0. The molecule has 0 unspecified atom stereocenters. The van der Waals surface area contributed by atoms with Crippen molar-refractivity contribution in [1.82, 2.24) is 9.78 Å². The fraction of sp³-hybridized carbons (Fsp3) is 0.130. The highest BCUT2D eigenvalue weighted by atomic mass is 35.5. The molecule has 0 aliphatic heterocycles. The van der Waals surface area contributed by atoms with Crippen molar-refractivity contribution in [3.05, 3.63) is 80.0 Å². The minimum Gasteiger partial charge on any atom is -0.484 e. The smallest absolute Gasteiger partial charge is 0.359 e. The molecule has 2 aromatic heterocycles. The lowest BCUT2D eigenvalue weighted by Crippen LogP contribution is -2.26. The van der Waals surface area contributed by atoms with Gasteiger partial charge in [-0.2, -0.15) is 9.78 Å². The van der Waals surface area contributed by atoms with Crippen LogP contribution >= 0.6 is 34.5 Å². The summed E-state index contributed by atoms with van der Waals surface area (Å²) >= 11 is 13.0. The predicted molar refractivity (Wildman–Crippen MR) is 132 cm³/mol. The Kier molecular flexibility index (Phi) is 7.16. The van der Waals surface area contributed by atoms with E-state index in [1.54, 1.807) is 60.8 Å². The molecule has 1 N–H and O–H groups in total. The van der Waals surface area contributed by atoms with E-state index in [2.05, 4.69) is 10.4 Å². The molecule has 0 bridgehead atoms. The topological polar surface area (TPSA) is 99.5 Å². The van der Waals surface area contributed by atoms with Crippen LogP contribution in [0.5, 0.6) is 5.75 Å². The number of nitrogens with one attached hydrogen (secondary N) is 1. The number of hydrogen-bond acceptors (Lipinski definition) is 7.